The Bertz CT molecular complexity index is 1170. The number of nitrogens with zero attached hydrogens (tertiary/aromatic N) is 1. The molecule has 0 saturated carbocycles. The van der Waals surface area contributed by atoms with Gasteiger partial charge in [-0.25, -0.2) is 0 Å². The van der Waals surface area contributed by atoms with Gasteiger partial charge in [0.05, 0.1) is 10.6 Å². The Morgan fingerprint density at radius 1 is 0.821 bits per heavy atom. The van der Waals surface area contributed by atoms with E-state index in [0.717, 1.165) is 18.2 Å². The first kappa shape index (κ1) is 17.2. The zero-order chi connectivity index (χ0) is 20.0. The van der Waals surface area contributed by atoms with Crippen molar-refractivity contribution in [1.82, 2.24) is 0 Å². The van der Waals surface area contributed by atoms with Crippen molar-refractivity contribution in [3.8, 4) is 11.5 Å². The number of hydrogen-bond acceptors (Lipinski definition) is 7. The van der Waals surface area contributed by atoms with Crippen molar-refractivity contribution in [2.24, 2.45) is 0 Å². The minimum Gasteiger partial charge on any atom is -0.506 e. The number of para-hydroxylation sites is 1. The molecule has 0 spiro atoms. The third kappa shape index (κ3) is 2.55. The van der Waals surface area contributed by atoms with Crippen LogP contribution in [0.4, 0.5) is 17.1 Å². The second kappa shape index (κ2) is 6.20. The van der Waals surface area contributed by atoms with Crippen molar-refractivity contribution in [3.05, 3.63) is 87.0 Å². The maximum Gasteiger partial charge on any atom is 0.322 e. The number of benzene rings is 3. The van der Waals surface area contributed by atoms with E-state index >= 15 is 0 Å². The van der Waals surface area contributed by atoms with Gasteiger partial charge < -0.3 is 15.5 Å². The average Bonchev–Trinajstić information content (AvgIpc) is 2.67. The standard InChI is InChI=1S/C20H12N2O6/c23-15-7-6-11-17(18(15)22(27)28)20(26)12-8-14(16(24)9-13(12)19(11)25)21-10-4-2-1-3-5-10/h1-9,21,23-24H. The van der Waals surface area contributed by atoms with E-state index in [1.807, 2.05) is 6.07 Å². The summed E-state index contributed by atoms with van der Waals surface area (Å²) in [6, 6.07) is 13.4. The predicted octanol–water partition coefficient (Wildman–Crippen LogP) is 3.53. The molecule has 1 aliphatic rings. The molecule has 3 aromatic carbocycles. The van der Waals surface area contributed by atoms with Crippen molar-refractivity contribution in [2.45, 2.75) is 0 Å². The van der Waals surface area contributed by atoms with Gasteiger partial charge in [-0.1, -0.05) is 18.2 Å². The van der Waals surface area contributed by atoms with E-state index in [4.69, 9.17) is 0 Å². The average molecular weight is 376 g/mol. The molecule has 0 heterocycles. The zero-order valence-corrected chi connectivity index (χ0v) is 14.2. The van der Waals surface area contributed by atoms with Crippen molar-refractivity contribution in [3.63, 3.8) is 0 Å². The number of nitrogens with one attached hydrogen (secondary N) is 1. The highest BCUT2D eigenvalue weighted by molar-refractivity contribution is 6.30. The van der Waals surface area contributed by atoms with Crippen LogP contribution in [0.1, 0.15) is 31.8 Å². The van der Waals surface area contributed by atoms with Crippen LogP contribution in [0, 0.1) is 10.1 Å². The first-order valence-electron chi connectivity index (χ1n) is 8.17. The lowest BCUT2D eigenvalue weighted by molar-refractivity contribution is -0.386. The second-order valence-electron chi connectivity index (χ2n) is 6.18. The van der Waals surface area contributed by atoms with Gasteiger partial charge in [0.2, 0.25) is 5.78 Å². The molecule has 8 heteroatoms. The number of nitro benzene ring substituents is 1. The molecule has 1 aliphatic carbocycles. The number of aromatic hydroxyl groups is 2. The minimum absolute atomic E-state index is 0.0615. The minimum atomic E-state index is -0.895. The molecule has 0 fully saturated rings. The highest BCUT2D eigenvalue weighted by atomic mass is 16.6. The molecule has 0 unspecified atom stereocenters. The number of nitro groups is 1. The molecule has 0 radical (unpaired) electrons. The summed E-state index contributed by atoms with van der Waals surface area (Å²) in [5, 5.41) is 34.4. The van der Waals surface area contributed by atoms with Crippen molar-refractivity contribution in [2.75, 3.05) is 5.32 Å². The maximum atomic E-state index is 13.0. The van der Waals surface area contributed by atoms with Crippen molar-refractivity contribution in [1.29, 1.82) is 0 Å². The lowest BCUT2D eigenvalue weighted by Crippen LogP contribution is -2.22. The lowest BCUT2D eigenvalue weighted by Gasteiger charge is -2.19. The van der Waals surface area contributed by atoms with Gasteiger partial charge in [0, 0.05) is 22.4 Å². The number of phenols is 2. The molecular formula is C20H12N2O6. The molecule has 3 N–H and O–H groups in total. The van der Waals surface area contributed by atoms with E-state index < -0.39 is 33.5 Å². The molecule has 4 rings (SSSR count). The molecule has 0 amide bonds. The molecular weight excluding hydrogens is 364 g/mol. The molecule has 0 saturated heterocycles. The normalized spacial score (nSPS) is 12.3. The van der Waals surface area contributed by atoms with Crippen LogP contribution in [0.25, 0.3) is 0 Å². The summed E-state index contributed by atoms with van der Waals surface area (Å²) in [5.41, 5.74) is -0.819. The topological polar surface area (TPSA) is 130 Å². The number of ketones is 2. The van der Waals surface area contributed by atoms with Gasteiger partial charge in [-0.15, -0.1) is 0 Å². The highest BCUT2D eigenvalue weighted by Crippen LogP contribution is 2.41. The quantitative estimate of drug-likeness (QED) is 0.283. The van der Waals surface area contributed by atoms with Gasteiger partial charge >= 0.3 is 5.69 Å². The Kier molecular flexibility index (Phi) is 3.82. The third-order valence-electron chi connectivity index (χ3n) is 4.49. The predicted molar refractivity (Wildman–Crippen MR) is 99.5 cm³/mol. The third-order valence-corrected chi connectivity index (χ3v) is 4.49. The first-order chi connectivity index (χ1) is 13.4. The molecule has 0 aromatic heterocycles. The van der Waals surface area contributed by atoms with Crippen LogP contribution in [0.2, 0.25) is 0 Å². The Morgan fingerprint density at radius 2 is 1.50 bits per heavy atom. The number of phenolic OH excluding ortho intramolecular Hbond substituents is 2. The van der Waals surface area contributed by atoms with Crippen LogP contribution in [0.15, 0.2) is 54.6 Å². The molecule has 0 bridgehead atoms. The molecule has 0 aliphatic heterocycles. The fraction of sp³-hybridized carbons (Fsp3) is 0. The van der Waals surface area contributed by atoms with Gasteiger partial charge in [0.25, 0.3) is 0 Å². The number of hydrogen-bond donors (Lipinski definition) is 3. The molecule has 0 atom stereocenters. The molecule has 28 heavy (non-hydrogen) atoms. The van der Waals surface area contributed by atoms with Crippen LogP contribution in [-0.2, 0) is 0 Å². The summed E-state index contributed by atoms with van der Waals surface area (Å²) in [6.45, 7) is 0. The maximum absolute atomic E-state index is 13.0. The van der Waals surface area contributed by atoms with E-state index in [9.17, 15) is 29.9 Å². The number of anilines is 2. The van der Waals surface area contributed by atoms with Crippen LogP contribution < -0.4 is 5.32 Å². The smallest absolute Gasteiger partial charge is 0.322 e. The monoisotopic (exact) mass is 376 g/mol. The fourth-order valence-electron chi connectivity index (χ4n) is 3.20. The van der Waals surface area contributed by atoms with Crippen molar-refractivity contribution < 1.29 is 24.7 Å². The van der Waals surface area contributed by atoms with Gasteiger partial charge in [-0.2, -0.15) is 0 Å². The highest BCUT2D eigenvalue weighted by Gasteiger charge is 2.38. The van der Waals surface area contributed by atoms with Gasteiger partial charge in [0.15, 0.2) is 11.5 Å². The summed E-state index contributed by atoms with van der Waals surface area (Å²) < 4.78 is 0. The number of carbonyl (C=O) groups excluding carboxylic acids is 2. The van der Waals surface area contributed by atoms with Crippen LogP contribution >= 0.6 is 0 Å². The van der Waals surface area contributed by atoms with E-state index in [0.29, 0.717) is 5.69 Å². The zero-order valence-electron chi connectivity index (χ0n) is 14.2. The van der Waals surface area contributed by atoms with E-state index in [-0.39, 0.29) is 28.1 Å². The number of carbonyl (C=O) groups is 2. The lowest BCUT2D eigenvalue weighted by atomic mass is 9.82. The van der Waals surface area contributed by atoms with E-state index in [1.165, 1.54) is 6.07 Å². The Morgan fingerprint density at radius 3 is 2.18 bits per heavy atom. The van der Waals surface area contributed by atoms with Gasteiger partial charge in [-0.05, 0) is 36.4 Å². The van der Waals surface area contributed by atoms with Gasteiger partial charge in [-0.3, -0.25) is 19.7 Å². The van der Waals surface area contributed by atoms with Gasteiger partial charge in [0.1, 0.15) is 11.3 Å². The molecule has 138 valence electrons. The summed E-state index contributed by atoms with van der Waals surface area (Å²) in [5.74, 6) is -2.37. The van der Waals surface area contributed by atoms with Crippen LogP contribution in [0.3, 0.4) is 0 Å². The Balaban J connectivity index is 1.89. The number of fused-ring (bicyclic) bond motifs is 2. The summed E-state index contributed by atoms with van der Waals surface area (Å²) in [6.07, 6.45) is 0. The molecule has 8 nitrogen and oxygen atoms in total. The second-order valence-corrected chi connectivity index (χ2v) is 6.18. The largest absolute Gasteiger partial charge is 0.506 e. The fourth-order valence-corrected chi connectivity index (χ4v) is 3.20. The van der Waals surface area contributed by atoms with E-state index in [1.54, 1.807) is 24.3 Å². The van der Waals surface area contributed by atoms with Crippen molar-refractivity contribution >= 4 is 28.6 Å². The summed E-state index contributed by atoms with van der Waals surface area (Å²) in [7, 11) is 0. The Hall–Kier alpha value is -4.20. The summed E-state index contributed by atoms with van der Waals surface area (Å²) >= 11 is 0. The number of rotatable bonds is 3. The Labute approximate surface area is 157 Å². The molecule has 3 aromatic rings. The SMILES string of the molecule is O=C1c2cc(O)c(Nc3ccccc3)cc2C(=O)c2c1ccc(O)c2[N+](=O)[O-]. The van der Waals surface area contributed by atoms with Crippen LogP contribution in [0.5, 0.6) is 11.5 Å². The van der Waals surface area contributed by atoms with Crippen LogP contribution in [-0.4, -0.2) is 26.7 Å². The van der Waals surface area contributed by atoms with E-state index in [2.05, 4.69) is 5.32 Å². The first-order valence-corrected chi connectivity index (χ1v) is 8.17. The summed E-state index contributed by atoms with van der Waals surface area (Å²) in [4.78, 5) is 36.2.